The molecule has 0 aromatic heterocycles. The summed E-state index contributed by atoms with van der Waals surface area (Å²) in [4.78, 5) is 14.1. The van der Waals surface area contributed by atoms with Gasteiger partial charge >= 0.3 is 0 Å². The van der Waals surface area contributed by atoms with Crippen molar-refractivity contribution in [2.75, 3.05) is 13.1 Å². The van der Waals surface area contributed by atoms with Crippen molar-refractivity contribution in [1.82, 2.24) is 4.90 Å². The summed E-state index contributed by atoms with van der Waals surface area (Å²) in [6.07, 6.45) is 6.55. The summed E-state index contributed by atoms with van der Waals surface area (Å²) >= 11 is 0. The molecule has 2 N–H and O–H groups in total. The Balaban J connectivity index is 1.87. The number of rotatable bonds is 3. The van der Waals surface area contributed by atoms with Crippen LogP contribution in [-0.2, 0) is 4.79 Å². The molecule has 1 aliphatic carbocycles. The molecule has 0 radical (unpaired) electrons. The van der Waals surface area contributed by atoms with Crippen molar-refractivity contribution in [3.05, 3.63) is 0 Å². The van der Waals surface area contributed by atoms with E-state index >= 15 is 0 Å². The molecular formula is C12H22N2O. The third kappa shape index (κ3) is 2.03. The second-order valence-corrected chi connectivity index (χ2v) is 5.20. The molecule has 1 aliphatic heterocycles. The summed E-state index contributed by atoms with van der Waals surface area (Å²) < 4.78 is 0. The van der Waals surface area contributed by atoms with Crippen LogP contribution in [0.2, 0.25) is 0 Å². The molecule has 2 fully saturated rings. The number of carbonyl (C=O) groups excluding carboxylic acids is 1. The molecule has 0 aromatic carbocycles. The van der Waals surface area contributed by atoms with Crippen molar-refractivity contribution in [3.63, 3.8) is 0 Å². The average Bonchev–Trinajstić information content (AvgIpc) is 2.62. The minimum Gasteiger partial charge on any atom is -0.341 e. The maximum atomic E-state index is 12.1. The first-order valence-electron chi connectivity index (χ1n) is 6.24. The van der Waals surface area contributed by atoms with Crippen LogP contribution in [0.4, 0.5) is 0 Å². The first-order valence-corrected chi connectivity index (χ1v) is 6.24. The second-order valence-electron chi connectivity index (χ2n) is 5.20. The van der Waals surface area contributed by atoms with E-state index in [1.165, 1.54) is 19.3 Å². The Kier molecular flexibility index (Phi) is 3.01. The molecule has 0 aromatic rings. The van der Waals surface area contributed by atoms with Crippen LogP contribution >= 0.6 is 0 Å². The van der Waals surface area contributed by atoms with Crippen molar-refractivity contribution < 1.29 is 4.79 Å². The van der Waals surface area contributed by atoms with Gasteiger partial charge in [-0.2, -0.15) is 0 Å². The van der Waals surface area contributed by atoms with Crippen LogP contribution in [0.5, 0.6) is 0 Å². The SMILES string of the molecule is CCCC1CCN(C(=O)C2(N)CCC2)C1. The Morgan fingerprint density at radius 1 is 1.53 bits per heavy atom. The second kappa shape index (κ2) is 4.12. The molecule has 15 heavy (non-hydrogen) atoms. The van der Waals surface area contributed by atoms with Crippen LogP contribution in [0.1, 0.15) is 45.4 Å². The summed E-state index contributed by atoms with van der Waals surface area (Å²) in [5.74, 6) is 0.940. The fourth-order valence-corrected chi connectivity index (χ4v) is 2.75. The lowest BCUT2D eigenvalue weighted by molar-refractivity contribution is -0.139. The van der Waals surface area contributed by atoms with Gasteiger partial charge in [-0.15, -0.1) is 0 Å². The highest BCUT2D eigenvalue weighted by atomic mass is 16.2. The summed E-state index contributed by atoms with van der Waals surface area (Å²) in [5, 5.41) is 0. The van der Waals surface area contributed by atoms with Crippen molar-refractivity contribution in [3.8, 4) is 0 Å². The molecule has 1 heterocycles. The monoisotopic (exact) mass is 210 g/mol. The largest absolute Gasteiger partial charge is 0.341 e. The maximum Gasteiger partial charge on any atom is 0.242 e. The Morgan fingerprint density at radius 2 is 2.27 bits per heavy atom. The summed E-state index contributed by atoms with van der Waals surface area (Å²) in [6, 6.07) is 0. The van der Waals surface area contributed by atoms with Gasteiger partial charge in [0.1, 0.15) is 0 Å². The minimum absolute atomic E-state index is 0.215. The van der Waals surface area contributed by atoms with Crippen molar-refractivity contribution >= 4 is 5.91 Å². The van der Waals surface area contributed by atoms with Crippen LogP contribution in [0, 0.1) is 5.92 Å². The van der Waals surface area contributed by atoms with Gasteiger partial charge in [0.05, 0.1) is 5.54 Å². The van der Waals surface area contributed by atoms with Crippen molar-refractivity contribution in [1.29, 1.82) is 0 Å². The molecule has 1 unspecified atom stereocenters. The van der Waals surface area contributed by atoms with E-state index in [0.29, 0.717) is 0 Å². The third-order valence-corrected chi connectivity index (χ3v) is 3.94. The van der Waals surface area contributed by atoms with E-state index in [1.54, 1.807) is 0 Å². The van der Waals surface area contributed by atoms with Gasteiger partial charge in [-0.3, -0.25) is 4.79 Å². The highest BCUT2D eigenvalue weighted by Gasteiger charge is 2.44. The zero-order valence-electron chi connectivity index (χ0n) is 9.67. The van der Waals surface area contributed by atoms with E-state index in [0.717, 1.165) is 38.3 Å². The molecule has 3 nitrogen and oxygen atoms in total. The lowest BCUT2D eigenvalue weighted by Crippen LogP contribution is -2.59. The van der Waals surface area contributed by atoms with Crippen molar-refractivity contribution in [2.24, 2.45) is 11.7 Å². The molecule has 1 amide bonds. The molecular weight excluding hydrogens is 188 g/mol. The molecule has 3 heteroatoms. The normalized spacial score (nSPS) is 28.9. The van der Waals surface area contributed by atoms with Gasteiger partial charge < -0.3 is 10.6 Å². The zero-order chi connectivity index (χ0) is 10.9. The number of nitrogens with two attached hydrogens (primary N) is 1. The van der Waals surface area contributed by atoms with E-state index < -0.39 is 5.54 Å². The Hall–Kier alpha value is -0.570. The first-order chi connectivity index (χ1) is 7.15. The zero-order valence-corrected chi connectivity index (χ0v) is 9.67. The van der Waals surface area contributed by atoms with Gasteiger partial charge in [-0.05, 0) is 38.0 Å². The maximum absolute atomic E-state index is 12.1. The molecule has 0 spiro atoms. The standard InChI is InChI=1S/C12H22N2O/c1-2-4-10-5-8-14(9-10)11(15)12(13)6-3-7-12/h10H,2-9,13H2,1H3. The predicted octanol–water partition coefficient (Wildman–Crippen LogP) is 1.52. The van der Waals surface area contributed by atoms with Gasteiger partial charge in [0.25, 0.3) is 0 Å². The number of nitrogens with zero attached hydrogens (tertiary/aromatic N) is 1. The lowest BCUT2D eigenvalue weighted by Gasteiger charge is -2.39. The molecule has 86 valence electrons. The molecule has 2 aliphatic rings. The number of amides is 1. The van der Waals surface area contributed by atoms with E-state index in [9.17, 15) is 4.79 Å². The summed E-state index contributed by atoms with van der Waals surface area (Å²) in [7, 11) is 0. The third-order valence-electron chi connectivity index (χ3n) is 3.94. The molecule has 1 atom stereocenters. The summed E-state index contributed by atoms with van der Waals surface area (Å²) in [6.45, 7) is 4.09. The fourth-order valence-electron chi connectivity index (χ4n) is 2.75. The highest BCUT2D eigenvalue weighted by Crippen LogP contribution is 2.33. The van der Waals surface area contributed by atoms with Crippen LogP contribution < -0.4 is 5.73 Å². The Morgan fingerprint density at radius 3 is 2.80 bits per heavy atom. The number of likely N-dealkylation sites (tertiary alicyclic amines) is 1. The fraction of sp³-hybridized carbons (Fsp3) is 0.917. The Labute approximate surface area is 92.0 Å². The van der Waals surface area contributed by atoms with Gasteiger partial charge in [-0.25, -0.2) is 0 Å². The van der Waals surface area contributed by atoms with Gasteiger partial charge in [0.2, 0.25) is 5.91 Å². The quantitative estimate of drug-likeness (QED) is 0.767. The van der Waals surface area contributed by atoms with E-state index in [4.69, 9.17) is 5.73 Å². The smallest absolute Gasteiger partial charge is 0.242 e. The van der Waals surface area contributed by atoms with E-state index in [1.807, 2.05) is 4.90 Å². The molecule has 1 saturated heterocycles. The topological polar surface area (TPSA) is 46.3 Å². The van der Waals surface area contributed by atoms with Crippen LogP contribution in [0.3, 0.4) is 0 Å². The van der Waals surface area contributed by atoms with E-state index in [-0.39, 0.29) is 5.91 Å². The number of hydrogen-bond acceptors (Lipinski definition) is 2. The van der Waals surface area contributed by atoms with E-state index in [2.05, 4.69) is 6.92 Å². The average molecular weight is 210 g/mol. The minimum atomic E-state index is -0.485. The predicted molar refractivity (Wildman–Crippen MR) is 60.4 cm³/mol. The molecule has 1 saturated carbocycles. The van der Waals surface area contributed by atoms with Crippen LogP contribution in [0.15, 0.2) is 0 Å². The first kappa shape index (κ1) is 10.9. The van der Waals surface area contributed by atoms with Gasteiger partial charge in [0.15, 0.2) is 0 Å². The lowest BCUT2D eigenvalue weighted by atomic mass is 9.76. The molecule has 2 rings (SSSR count). The Bertz CT molecular complexity index is 248. The van der Waals surface area contributed by atoms with Crippen LogP contribution in [-0.4, -0.2) is 29.4 Å². The van der Waals surface area contributed by atoms with Gasteiger partial charge in [-0.1, -0.05) is 13.3 Å². The number of carbonyl (C=O) groups is 1. The molecule has 0 bridgehead atoms. The summed E-state index contributed by atoms with van der Waals surface area (Å²) in [5.41, 5.74) is 5.57. The van der Waals surface area contributed by atoms with Gasteiger partial charge in [0, 0.05) is 13.1 Å². The highest BCUT2D eigenvalue weighted by molar-refractivity contribution is 5.87. The van der Waals surface area contributed by atoms with Crippen LogP contribution in [0.25, 0.3) is 0 Å². The number of hydrogen-bond donors (Lipinski definition) is 1. The van der Waals surface area contributed by atoms with Crippen molar-refractivity contribution in [2.45, 2.75) is 51.0 Å².